The number of fused-ring (bicyclic) bond motifs is 1. The molecule has 0 bridgehead atoms. The number of nitrogens with one attached hydrogen (secondary N) is 1. The molecular weight excluding hydrogens is 424 g/mol. The highest BCUT2D eigenvalue weighted by Crippen LogP contribution is 2.38. The van der Waals surface area contributed by atoms with Crippen LogP contribution in [-0.2, 0) is 0 Å². The lowest BCUT2D eigenvalue weighted by molar-refractivity contribution is 0.0968. The van der Waals surface area contributed by atoms with Crippen LogP contribution in [0.5, 0.6) is 5.75 Å². The zero-order valence-corrected chi connectivity index (χ0v) is 18.3. The molecular formula is C26H27F2N3O2. The van der Waals surface area contributed by atoms with E-state index >= 15 is 0 Å². The number of phenolic OH excluding ortho intramolecular Hbond substituents is 1. The second-order valence-corrected chi connectivity index (χ2v) is 9.37. The van der Waals surface area contributed by atoms with Gasteiger partial charge in [0.05, 0.1) is 16.8 Å². The monoisotopic (exact) mass is 451 g/mol. The molecule has 2 aromatic carbocycles. The molecule has 2 aliphatic rings. The van der Waals surface area contributed by atoms with Gasteiger partial charge >= 0.3 is 0 Å². The van der Waals surface area contributed by atoms with Gasteiger partial charge in [-0.3, -0.25) is 9.78 Å². The molecule has 2 saturated carbocycles. The average molecular weight is 452 g/mol. The molecule has 2 aliphatic carbocycles. The Bertz CT molecular complexity index is 1190. The molecule has 4 N–H and O–H groups in total. The molecule has 0 saturated heterocycles. The predicted octanol–water partition coefficient (Wildman–Crippen LogP) is 5.41. The summed E-state index contributed by atoms with van der Waals surface area (Å²) in [5.41, 5.74) is 8.91. The van der Waals surface area contributed by atoms with E-state index in [4.69, 9.17) is 5.73 Å². The van der Waals surface area contributed by atoms with Gasteiger partial charge in [0, 0.05) is 30.1 Å². The fourth-order valence-electron chi connectivity index (χ4n) is 4.69. The van der Waals surface area contributed by atoms with Crippen molar-refractivity contribution in [3.63, 3.8) is 0 Å². The predicted molar refractivity (Wildman–Crippen MR) is 124 cm³/mol. The summed E-state index contributed by atoms with van der Waals surface area (Å²) in [6, 6.07) is 7.79. The number of carbonyl (C=O) groups excluding carboxylic acids is 1. The molecule has 5 nitrogen and oxygen atoms in total. The zero-order chi connectivity index (χ0) is 23.1. The van der Waals surface area contributed by atoms with Crippen molar-refractivity contribution in [2.75, 3.05) is 11.9 Å². The van der Waals surface area contributed by atoms with Gasteiger partial charge in [0.25, 0.3) is 0 Å². The van der Waals surface area contributed by atoms with Crippen LogP contribution in [0, 0.1) is 23.5 Å². The molecule has 172 valence electrons. The topological polar surface area (TPSA) is 88.2 Å². The summed E-state index contributed by atoms with van der Waals surface area (Å²) in [6.07, 6.45) is 7.51. The molecule has 2 fully saturated rings. The van der Waals surface area contributed by atoms with Crippen LogP contribution >= 0.6 is 0 Å². The Balaban J connectivity index is 1.55. The molecule has 5 rings (SSSR count). The summed E-state index contributed by atoms with van der Waals surface area (Å²) < 4.78 is 27.9. The number of hydrogen-bond acceptors (Lipinski definition) is 5. The number of aromatic nitrogens is 1. The van der Waals surface area contributed by atoms with E-state index < -0.39 is 17.4 Å². The van der Waals surface area contributed by atoms with Gasteiger partial charge in [-0.25, -0.2) is 8.78 Å². The fraction of sp³-hybridized carbons (Fsp3) is 0.385. The molecule has 0 unspecified atom stereocenters. The lowest BCUT2D eigenvalue weighted by Crippen LogP contribution is -2.29. The van der Waals surface area contributed by atoms with E-state index in [0.29, 0.717) is 28.1 Å². The third-order valence-corrected chi connectivity index (χ3v) is 6.89. The minimum absolute atomic E-state index is 0.0425. The maximum Gasteiger partial charge on any atom is 0.187 e. The maximum atomic E-state index is 14.0. The summed E-state index contributed by atoms with van der Waals surface area (Å²) in [4.78, 5) is 17.5. The Morgan fingerprint density at radius 1 is 1.03 bits per heavy atom. The Kier molecular flexibility index (Phi) is 5.74. The second kappa shape index (κ2) is 8.71. The van der Waals surface area contributed by atoms with Crippen molar-refractivity contribution in [1.82, 2.24) is 4.98 Å². The van der Waals surface area contributed by atoms with E-state index in [1.807, 2.05) is 0 Å². The Labute approximate surface area is 191 Å². The van der Waals surface area contributed by atoms with Gasteiger partial charge in [-0.1, -0.05) is 6.07 Å². The first-order chi connectivity index (χ1) is 15.9. The number of phenols is 1. The lowest BCUT2D eigenvalue weighted by atomic mass is 9.86. The van der Waals surface area contributed by atoms with Crippen LogP contribution in [-0.4, -0.2) is 28.5 Å². The number of Topliss-reactive ketones (excluding diaryl/α,β-unsaturated/α-hetero) is 1. The van der Waals surface area contributed by atoms with Crippen molar-refractivity contribution in [2.24, 2.45) is 17.6 Å². The molecule has 0 spiro atoms. The molecule has 0 radical (unpaired) electrons. The minimum atomic E-state index is -1.02. The van der Waals surface area contributed by atoms with Crippen molar-refractivity contribution in [3.05, 3.63) is 53.7 Å². The van der Waals surface area contributed by atoms with Crippen molar-refractivity contribution >= 4 is 22.4 Å². The first-order valence-electron chi connectivity index (χ1n) is 11.6. The third-order valence-electron chi connectivity index (χ3n) is 6.89. The van der Waals surface area contributed by atoms with Crippen molar-refractivity contribution in [3.8, 4) is 16.9 Å². The Hall–Kier alpha value is -3.06. The summed E-state index contributed by atoms with van der Waals surface area (Å²) in [6.45, 7) is 0.726. The van der Waals surface area contributed by atoms with Crippen LogP contribution in [0.1, 0.15) is 48.9 Å². The molecule has 0 aliphatic heterocycles. The molecule has 7 heteroatoms. The number of carbonyl (C=O) groups is 1. The highest BCUT2D eigenvalue weighted by Gasteiger charge is 2.32. The second-order valence-electron chi connectivity index (χ2n) is 9.37. The molecule has 3 aromatic rings. The highest BCUT2D eigenvalue weighted by molar-refractivity contribution is 6.10. The van der Waals surface area contributed by atoms with E-state index in [1.165, 1.54) is 0 Å². The number of hydrogen-bond donors (Lipinski definition) is 3. The number of nitrogens with zero attached hydrogens (tertiary/aromatic N) is 1. The number of halogens is 2. The molecule has 33 heavy (non-hydrogen) atoms. The van der Waals surface area contributed by atoms with Crippen LogP contribution in [0.2, 0.25) is 0 Å². The van der Waals surface area contributed by atoms with Gasteiger partial charge in [0.15, 0.2) is 23.2 Å². The number of ketones is 1. The number of anilines is 1. The summed E-state index contributed by atoms with van der Waals surface area (Å²) in [5, 5.41) is 13.7. The van der Waals surface area contributed by atoms with Crippen LogP contribution in [0.15, 0.2) is 36.5 Å². The van der Waals surface area contributed by atoms with Gasteiger partial charge in [-0.15, -0.1) is 0 Å². The third kappa shape index (κ3) is 4.42. The molecule has 1 aromatic heterocycles. The van der Waals surface area contributed by atoms with E-state index in [2.05, 4.69) is 10.3 Å². The van der Waals surface area contributed by atoms with Crippen LogP contribution in [0.25, 0.3) is 22.0 Å². The van der Waals surface area contributed by atoms with E-state index in [0.717, 1.165) is 68.3 Å². The molecule has 0 amide bonds. The van der Waals surface area contributed by atoms with Gasteiger partial charge in [0.1, 0.15) is 0 Å². The average Bonchev–Trinajstić information content (AvgIpc) is 3.66. The number of pyridine rings is 1. The smallest absolute Gasteiger partial charge is 0.187 e. The van der Waals surface area contributed by atoms with Crippen molar-refractivity contribution in [2.45, 2.75) is 44.6 Å². The number of rotatable bonds is 6. The quantitative estimate of drug-likeness (QED) is 0.436. The fourth-order valence-corrected chi connectivity index (χ4v) is 4.69. The maximum absolute atomic E-state index is 14.0. The van der Waals surface area contributed by atoms with Crippen LogP contribution in [0.3, 0.4) is 0 Å². The SMILES string of the molecule is NC1CCC(CNc2c(C(=O)C3CC3)cnc3ccc(-c4cc(F)c(O)c(F)c4)cc23)CC1. The minimum Gasteiger partial charge on any atom is -0.503 e. The number of nitrogens with two attached hydrogens (primary N) is 1. The van der Waals surface area contributed by atoms with Gasteiger partial charge < -0.3 is 16.2 Å². The first-order valence-corrected chi connectivity index (χ1v) is 11.6. The normalized spacial score (nSPS) is 20.7. The van der Waals surface area contributed by atoms with Crippen LogP contribution < -0.4 is 11.1 Å². The highest BCUT2D eigenvalue weighted by atomic mass is 19.1. The van der Waals surface area contributed by atoms with Crippen molar-refractivity contribution < 1.29 is 18.7 Å². The summed E-state index contributed by atoms with van der Waals surface area (Å²) in [7, 11) is 0. The van der Waals surface area contributed by atoms with E-state index in [1.54, 1.807) is 24.4 Å². The molecule has 1 heterocycles. The number of benzene rings is 2. The van der Waals surface area contributed by atoms with Crippen molar-refractivity contribution in [1.29, 1.82) is 0 Å². The molecule has 0 atom stereocenters. The number of aromatic hydroxyl groups is 1. The Morgan fingerprint density at radius 2 is 1.73 bits per heavy atom. The van der Waals surface area contributed by atoms with E-state index in [9.17, 15) is 18.7 Å². The van der Waals surface area contributed by atoms with E-state index in [-0.39, 0.29) is 17.7 Å². The Morgan fingerprint density at radius 3 is 2.39 bits per heavy atom. The lowest BCUT2D eigenvalue weighted by Gasteiger charge is -2.27. The summed E-state index contributed by atoms with van der Waals surface area (Å²) >= 11 is 0. The van der Waals surface area contributed by atoms with Crippen LogP contribution in [0.4, 0.5) is 14.5 Å². The zero-order valence-electron chi connectivity index (χ0n) is 18.3. The van der Waals surface area contributed by atoms with Gasteiger partial charge in [0.2, 0.25) is 0 Å². The van der Waals surface area contributed by atoms with Gasteiger partial charge in [-0.05, 0) is 79.8 Å². The first kappa shape index (κ1) is 21.8. The largest absolute Gasteiger partial charge is 0.503 e. The summed E-state index contributed by atoms with van der Waals surface area (Å²) in [5.74, 6) is -2.43. The van der Waals surface area contributed by atoms with Gasteiger partial charge in [-0.2, -0.15) is 0 Å². The standard InChI is InChI=1S/C26H27F2N3O2/c27-21-10-17(11-22(28)26(21)33)16-5-8-23-19(9-16)24(20(13-30-23)25(32)15-3-4-15)31-12-14-1-6-18(29)7-2-14/h5,8-11,13-15,18,33H,1-4,6-7,12,29H2,(H,30,31).